The number of ether oxygens (including phenoxy) is 1. The van der Waals surface area contributed by atoms with E-state index in [1.54, 1.807) is 42.1 Å². The minimum absolute atomic E-state index is 0.159. The molecule has 30 heavy (non-hydrogen) atoms. The summed E-state index contributed by atoms with van der Waals surface area (Å²) in [6.45, 7) is 7.22. The molecule has 0 aliphatic carbocycles. The van der Waals surface area contributed by atoms with E-state index in [0.29, 0.717) is 22.3 Å². The number of amidine groups is 1. The van der Waals surface area contributed by atoms with Crippen molar-refractivity contribution in [1.82, 2.24) is 0 Å². The van der Waals surface area contributed by atoms with Gasteiger partial charge in [0.1, 0.15) is 5.75 Å². The molecule has 0 fully saturated rings. The van der Waals surface area contributed by atoms with Gasteiger partial charge in [0.2, 0.25) is 11.8 Å². The molecule has 0 aromatic heterocycles. The smallest absolute Gasteiger partial charge is 0.228 e. The second-order valence-corrected chi connectivity index (χ2v) is 8.05. The van der Waals surface area contributed by atoms with Crippen LogP contribution in [-0.2, 0) is 9.59 Å². The van der Waals surface area contributed by atoms with Gasteiger partial charge in [-0.1, -0.05) is 42.6 Å². The maximum atomic E-state index is 12.5. The Balaban J connectivity index is 2.10. The molecular weight excluding hydrogens is 400 g/mol. The number of nitrogens with two attached hydrogens (primary N) is 1. The van der Waals surface area contributed by atoms with Crippen molar-refractivity contribution in [1.29, 1.82) is 0 Å². The Bertz CT molecular complexity index is 908. The molecular formula is C22H28N4O3S. The zero-order valence-electron chi connectivity index (χ0n) is 17.5. The van der Waals surface area contributed by atoms with Crippen LogP contribution in [0.5, 0.6) is 5.75 Å². The van der Waals surface area contributed by atoms with Gasteiger partial charge in [0.15, 0.2) is 5.17 Å². The Kier molecular flexibility index (Phi) is 8.29. The van der Waals surface area contributed by atoms with Gasteiger partial charge in [0.05, 0.1) is 18.3 Å². The van der Waals surface area contributed by atoms with E-state index in [9.17, 15) is 9.59 Å². The molecule has 0 spiro atoms. The fraction of sp³-hybridized carbons (Fsp3) is 0.318. The number of rotatable bonds is 8. The van der Waals surface area contributed by atoms with Crippen molar-refractivity contribution in [3.8, 4) is 5.75 Å². The van der Waals surface area contributed by atoms with Crippen LogP contribution in [0.3, 0.4) is 0 Å². The predicted octanol–water partition coefficient (Wildman–Crippen LogP) is 3.86. The highest BCUT2D eigenvalue weighted by atomic mass is 32.2. The van der Waals surface area contributed by atoms with Gasteiger partial charge in [-0.15, -0.1) is 0 Å². The number of nitrogens with zero attached hydrogens (tertiary/aromatic N) is 1. The molecule has 0 radical (unpaired) electrons. The first kappa shape index (κ1) is 23.3. The predicted molar refractivity (Wildman–Crippen MR) is 125 cm³/mol. The van der Waals surface area contributed by atoms with E-state index < -0.39 is 5.54 Å². The van der Waals surface area contributed by atoms with Crippen molar-refractivity contribution in [2.24, 2.45) is 10.7 Å². The van der Waals surface area contributed by atoms with E-state index >= 15 is 0 Å². The van der Waals surface area contributed by atoms with Crippen LogP contribution in [0.25, 0.3) is 0 Å². The molecule has 1 aromatic rings. The van der Waals surface area contributed by atoms with E-state index in [4.69, 9.17) is 10.5 Å². The van der Waals surface area contributed by atoms with Crippen LogP contribution < -0.4 is 21.1 Å². The Morgan fingerprint density at radius 3 is 2.80 bits per heavy atom. The number of methoxy groups -OCH3 is 1. The zero-order chi connectivity index (χ0) is 22.1. The van der Waals surface area contributed by atoms with E-state index in [-0.39, 0.29) is 18.2 Å². The Morgan fingerprint density at radius 1 is 1.40 bits per heavy atom. The first-order valence-corrected chi connectivity index (χ1v) is 10.5. The lowest BCUT2D eigenvalue weighted by atomic mass is 9.88. The number of thioether (sulfide) groups is 1. The van der Waals surface area contributed by atoms with E-state index in [2.05, 4.69) is 22.2 Å². The maximum Gasteiger partial charge on any atom is 0.228 e. The van der Waals surface area contributed by atoms with Crippen molar-refractivity contribution >= 4 is 40.1 Å². The topological polar surface area (TPSA) is 106 Å². The fourth-order valence-corrected chi connectivity index (χ4v) is 3.99. The van der Waals surface area contributed by atoms with Gasteiger partial charge in [-0.05, 0) is 37.1 Å². The molecule has 1 aromatic carbocycles. The second-order valence-electron chi connectivity index (χ2n) is 6.93. The monoisotopic (exact) mass is 428 g/mol. The number of carbonyl (C=O) groups excluding carboxylic acids is 2. The lowest BCUT2D eigenvalue weighted by Crippen LogP contribution is -2.32. The molecule has 2 amide bonds. The van der Waals surface area contributed by atoms with Gasteiger partial charge in [-0.25, -0.2) is 0 Å². The molecule has 1 atom stereocenters. The maximum absolute atomic E-state index is 12.5. The number of amides is 2. The molecule has 1 unspecified atom stereocenters. The Morgan fingerprint density at radius 2 is 2.17 bits per heavy atom. The van der Waals surface area contributed by atoms with E-state index in [0.717, 1.165) is 17.7 Å². The first-order valence-electron chi connectivity index (χ1n) is 9.50. The van der Waals surface area contributed by atoms with Crippen molar-refractivity contribution in [2.45, 2.75) is 32.2 Å². The highest BCUT2D eigenvalue weighted by Gasteiger charge is 2.29. The summed E-state index contributed by atoms with van der Waals surface area (Å²) in [6, 6.07) is 5.05. The van der Waals surface area contributed by atoms with Gasteiger partial charge < -0.3 is 21.1 Å². The van der Waals surface area contributed by atoms with Gasteiger partial charge in [0, 0.05) is 24.8 Å². The average Bonchev–Trinajstić information content (AvgIpc) is 2.67. The molecule has 7 nitrogen and oxygen atoms in total. The van der Waals surface area contributed by atoms with E-state index in [1.807, 2.05) is 19.1 Å². The largest absolute Gasteiger partial charge is 0.495 e. The number of aliphatic imine (C=N–C) groups is 1. The molecule has 1 aliphatic heterocycles. The summed E-state index contributed by atoms with van der Waals surface area (Å²) in [6.07, 6.45) is 8.28. The van der Waals surface area contributed by atoms with Crippen LogP contribution in [0.15, 0.2) is 59.6 Å². The summed E-state index contributed by atoms with van der Waals surface area (Å²) in [7, 11) is 1.52. The van der Waals surface area contributed by atoms with Crippen LogP contribution in [0.1, 0.15) is 26.7 Å². The quantitative estimate of drug-likeness (QED) is 0.545. The highest BCUT2D eigenvalue weighted by molar-refractivity contribution is 8.13. The van der Waals surface area contributed by atoms with Gasteiger partial charge in [-0.2, -0.15) is 0 Å². The average molecular weight is 429 g/mol. The van der Waals surface area contributed by atoms with Crippen molar-refractivity contribution in [3.05, 3.63) is 54.7 Å². The van der Waals surface area contributed by atoms with Crippen LogP contribution >= 0.6 is 11.8 Å². The van der Waals surface area contributed by atoms with Crippen LogP contribution in [0.2, 0.25) is 0 Å². The molecule has 1 aliphatic rings. The first-order chi connectivity index (χ1) is 14.3. The summed E-state index contributed by atoms with van der Waals surface area (Å²) in [5, 5.41) is 6.07. The molecule has 1 heterocycles. The molecule has 8 heteroatoms. The number of hydrogen-bond donors (Lipinski definition) is 3. The minimum atomic E-state index is -0.438. The normalized spacial score (nSPS) is 19.2. The zero-order valence-corrected chi connectivity index (χ0v) is 18.3. The van der Waals surface area contributed by atoms with Gasteiger partial charge in [-0.3, -0.25) is 14.6 Å². The summed E-state index contributed by atoms with van der Waals surface area (Å²) in [5.74, 6) is 0.986. The lowest BCUT2D eigenvalue weighted by molar-refractivity contribution is -0.115. The lowest BCUT2D eigenvalue weighted by Gasteiger charge is -2.30. The summed E-state index contributed by atoms with van der Waals surface area (Å²) < 4.78 is 5.29. The molecule has 0 bridgehead atoms. The highest BCUT2D eigenvalue weighted by Crippen LogP contribution is 2.33. The number of anilines is 2. The SMILES string of the molecule is C=C/C=C(\C=C/CC(=O)Nc1cc(NC(C)=O)ccc1OC)C1(C)CCSC(N)=N1. The number of benzene rings is 1. The van der Waals surface area contributed by atoms with Crippen molar-refractivity contribution in [2.75, 3.05) is 23.5 Å². The number of nitrogens with one attached hydrogen (secondary N) is 2. The van der Waals surface area contributed by atoms with Crippen LogP contribution in [-0.4, -0.2) is 35.4 Å². The van der Waals surface area contributed by atoms with Crippen molar-refractivity contribution < 1.29 is 14.3 Å². The second kappa shape index (κ2) is 10.7. The van der Waals surface area contributed by atoms with Gasteiger partial charge >= 0.3 is 0 Å². The number of allylic oxidation sites excluding steroid dienone is 2. The van der Waals surface area contributed by atoms with Crippen LogP contribution in [0.4, 0.5) is 11.4 Å². The molecule has 0 saturated heterocycles. The Labute approximate surface area is 181 Å². The number of carbonyl (C=O) groups is 2. The standard InChI is InChI=1S/C22H28N4O3S/c1-5-7-16(22(3)12-13-30-21(23)26-22)8-6-9-20(28)25-18-14-17(24-15(2)27)10-11-19(18)29-4/h5-8,10-11,14H,1,9,12-13H2,2-4H3,(H2,23,26)(H,24,27)(H,25,28)/b8-6-,16-7+. The Hall–Kier alpha value is -3.00. The van der Waals surface area contributed by atoms with Crippen LogP contribution in [0, 0.1) is 0 Å². The molecule has 160 valence electrons. The summed E-state index contributed by atoms with van der Waals surface area (Å²) in [4.78, 5) is 28.3. The third-order valence-electron chi connectivity index (χ3n) is 4.51. The molecule has 4 N–H and O–H groups in total. The fourth-order valence-electron chi connectivity index (χ4n) is 3.02. The van der Waals surface area contributed by atoms with E-state index in [1.165, 1.54) is 14.0 Å². The minimum Gasteiger partial charge on any atom is -0.495 e. The number of hydrogen-bond acceptors (Lipinski definition) is 6. The summed E-state index contributed by atoms with van der Waals surface area (Å²) >= 11 is 1.54. The third-order valence-corrected chi connectivity index (χ3v) is 5.30. The third kappa shape index (κ3) is 6.52. The molecule has 0 saturated carbocycles. The van der Waals surface area contributed by atoms with Crippen molar-refractivity contribution in [3.63, 3.8) is 0 Å². The summed E-state index contributed by atoms with van der Waals surface area (Å²) in [5.41, 5.74) is 7.47. The molecule has 2 rings (SSSR count). The van der Waals surface area contributed by atoms with Gasteiger partial charge in [0.25, 0.3) is 0 Å².